The minimum absolute atomic E-state index is 0.400. The number of halogens is 1. The molecule has 0 atom stereocenters. The molecule has 3 nitrogen and oxygen atoms in total. The van der Waals surface area contributed by atoms with E-state index < -0.39 is 5.41 Å². The summed E-state index contributed by atoms with van der Waals surface area (Å²) < 4.78 is 0. The zero-order chi connectivity index (χ0) is 10.7. The molecule has 1 aromatic rings. The second-order valence-electron chi connectivity index (χ2n) is 3.84. The SMILES string of the molecule is N#CC1(c2cncc(Cl)c2)CCNCC1. The monoisotopic (exact) mass is 221 g/mol. The average Bonchev–Trinajstić information content (AvgIpc) is 2.30. The van der Waals surface area contributed by atoms with Crippen LogP contribution in [0.4, 0.5) is 0 Å². The number of pyridine rings is 1. The normalized spacial score (nSPS) is 19.5. The van der Waals surface area contributed by atoms with Crippen molar-refractivity contribution in [2.45, 2.75) is 18.3 Å². The Hall–Kier alpha value is -1.11. The van der Waals surface area contributed by atoms with Gasteiger partial charge < -0.3 is 5.32 Å². The fourth-order valence-electron chi connectivity index (χ4n) is 1.99. The summed E-state index contributed by atoms with van der Waals surface area (Å²) in [5.41, 5.74) is 0.544. The van der Waals surface area contributed by atoms with Crippen molar-refractivity contribution in [2.24, 2.45) is 0 Å². The van der Waals surface area contributed by atoms with E-state index in [1.165, 1.54) is 0 Å². The highest BCUT2D eigenvalue weighted by molar-refractivity contribution is 6.30. The molecule has 0 spiro atoms. The van der Waals surface area contributed by atoms with Gasteiger partial charge in [0.2, 0.25) is 0 Å². The molecule has 15 heavy (non-hydrogen) atoms. The van der Waals surface area contributed by atoms with Crippen molar-refractivity contribution < 1.29 is 0 Å². The Morgan fingerprint density at radius 1 is 1.40 bits per heavy atom. The lowest BCUT2D eigenvalue weighted by Crippen LogP contribution is -2.38. The van der Waals surface area contributed by atoms with Crippen LogP contribution in [0, 0.1) is 11.3 Å². The minimum Gasteiger partial charge on any atom is -0.317 e. The Kier molecular flexibility index (Phi) is 2.90. The van der Waals surface area contributed by atoms with E-state index in [1.54, 1.807) is 12.4 Å². The summed E-state index contributed by atoms with van der Waals surface area (Å²) in [7, 11) is 0. The van der Waals surface area contributed by atoms with Gasteiger partial charge in [-0.2, -0.15) is 5.26 Å². The van der Waals surface area contributed by atoms with E-state index in [-0.39, 0.29) is 0 Å². The molecule has 0 aliphatic carbocycles. The summed E-state index contributed by atoms with van der Waals surface area (Å²) >= 11 is 5.90. The summed E-state index contributed by atoms with van der Waals surface area (Å²) in [6, 6.07) is 4.27. The van der Waals surface area contributed by atoms with E-state index >= 15 is 0 Å². The van der Waals surface area contributed by atoms with Crippen LogP contribution in [0.2, 0.25) is 5.02 Å². The summed E-state index contributed by atoms with van der Waals surface area (Å²) in [6.07, 6.45) is 4.99. The topological polar surface area (TPSA) is 48.7 Å². The number of piperidine rings is 1. The fourth-order valence-corrected chi connectivity index (χ4v) is 2.17. The number of rotatable bonds is 1. The van der Waals surface area contributed by atoms with Crippen LogP contribution in [0.1, 0.15) is 18.4 Å². The second kappa shape index (κ2) is 4.18. The largest absolute Gasteiger partial charge is 0.317 e. The molecule has 4 heteroatoms. The Labute approximate surface area is 94.1 Å². The molecule has 1 aliphatic heterocycles. The third-order valence-corrected chi connectivity index (χ3v) is 3.14. The van der Waals surface area contributed by atoms with Crippen LogP contribution in [0.25, 0.3) is 0 Å². The highest BCUT2D eigenvalue weighted by atomic mass is 35.5. The quantitative estimate of drug-likeness (QED) is 0.788. The number of hydrogen-bond acceptors (Lipinski definition) is 3. The molecule has 0 unspecified atom stereocenters. The van der Waals surface area contributed by atoms with Crippen molar-refractivity contribution in [3.8, 4) is 6.07 Å². The van der Waals surface area contributed by atoms with Crippen LogP contribution in [0.3, 0.4) is 0 Å². The predicted molar refractivity (Wildman–Crippen MR) is 58.6 cm³/mol. The lowest BCUT2D eigenvalue weighted by atomic mass is 9.75. The standard InChI is InChI=1S/C11H12ClN3/c12-10-5-9(6-15-7-10)11(8-13)1-3-14-4-2-11/h5-7,14H,1-4H2. The van der Waals surface area contributed by atoms with Gasteiger partial charge in [0, 0.05) is 12.4 Å². The van der Waals surface area contributed by atoms with Crippen molar-refractivity contribution in [1.82, 2.24) is 10.3 Å². The van der Waals surface area contributed by atoms with Crippen LogP contribution < -0.4 is 5.32 Å². The molecule has 0 saturated carbocycles. The molecule has 0 bridgehead atoms. The molecule has 78 valence electrons. The number of nitriles is 1. The summed E-state index contributed by atoms with van der Waals surface area (Å²) in [5.74, 6) is 0. The summed E-state index contributed by atoms with van der Waals surface area (Å²) in [4.78, 5) is 4.05. The Morgan fingerprint density at radius 3 is 2.73 bits per heavy atom. The van der Waals surface area contributed by atoms with Gasteiger partial charge in [-0.1, -0.05) is 11.6 Å². The lowest BCUT2D eigenvalue weighted by molar-refractivity contribution is 0.382. The molecule has 1 aliphatic rings. The second-order valence-corrected chi connectivity index (χ2v) is 4.27. The molecule has 1 aromatic heterocycles. The van der Waals surface area contributed by atoms with Crippen molar-refractivity contribution in [2.75, 3.05) is 13.1 Å². The zero-order valence-corrected chi connectivity index (χ0v) is 9.09. The van der Waals surface area contributed by atoms with E-state index in [0.717, 1.165) is 31.5 Å². The summed E-state index contributed by atoms with van der Waals surface area (Å²) in [6.45, 7) is 1.75. The summed E-state index contributed by atoms with van der Waals surface area (Å²) in [5, 5.41) is 13.2. The zero-order valence-electron chi connectivity index (χ0n) is 8.33. The van der Waals surface area contributed by atoms with E-state index in [2.05, 4.69) is 16.4 Å². The van der Waals surface area contributed by atoms with Crippen LogP contribution in [0.5, 0.6) is 0 Å². The predicted octanol–water partition coefficient (Wildman–Crippen LogP) is 1.88. The number of nitrogens with zero attached hydrogens (tertiary/aromatic N) is 2. The molecular weight excluding hydrogens is 210 g/mol. The molecule has 0 amide bonds. The van der Waals surface area contributed by atoms with Crippen molar-refractivity contribution >= 4 is 11.6 Å². The number of hydrogen-bond donors (Lipinski definition) is 1. The van der Waals surface area contributed by atoms with Gasteiger partial charge in [-0.25, -0.2) is 0 Å². The third kappa shape index (κ3) is 1.97. The third-order valence-electron chi connectivity index (χ3n) is 2.93. The Balaban J connectivity index is 2.37. The van der Waals surface area contributed by atoms with Crippen molar-refractivity contribution in [3.63, 3.8) is 0 Å². The van der Waals surface area contributed by atoms with E-state index in [4.69, 9.17) is 11.6 Å². The van der Waals surface area contributed by atoms with Gasteiger partial charge in [0.15, 0.2) is 0 Å². The maximum Gasteiger partial charge on any atom is 0.0861 e. The first-order valence-electron chi connectivity index (χ1n) is 5.00. The fraction of sp³-hybridized carbons (Fsp3) is 0.455. The van der Waals surface area contributed by atoms with Gasteiger partial charge in [0.25, 0.3) is 0 Å². The highest BCUT2D eigenvalue weighted by Crippen LogP contribution is 2.33. The smallest absolute Gasteiger partial charge is 0.0861 e. The van der Waals surface area contributed by atoms with Gasteiger partial charge in [-0.3, -0.25) is 4.98 Å². The maximum atomic E-state index is 9.34. The number of nitrogens with one attached hydrogen (secondary N) is 1. The molecule has 1 fully saturated rings. The Bertz CT molecular complexity index is 391. The number of aromatic nitrogens is 1. The molecule has 0 aromatic carbocycles. The van der Waals surface area contributed by atoms with Gasteiger partial charge >= 0.3 is 0 Å². The van der Waals surface area contributed by atoms with Crippen LogP contribution in [0.15, 0.2) is 18.5 Å². The first-order chi connectivity index (χ1) is 7.27. The van der Waals surface area contributed by atoms with Gasteiger partial charge in [-0.15, -0.1) is 0 Å². The maximum absolute atomic E-state index is 9.34. The van der Waals surface area contributed by atoms with Crippen LogP contribution in [-0.4, -0.2) is 18.1 Å². The Morgan fingerprint density at radius 2 is 2.13 bits per heavy atom. The molecule has 2 rings (SSSR count). The average molecular weight is 222 g/mol. The molecule has 1 saturated heterocycles. The lowest BCUT2D eigenvalue weighted by Gasteiger charge is -2.31. The molecular formula is C11H12ClN3. The van der Waals surface area contributed by atoms with Gasteiger partial charge in [-0.05, 0) is 37.6 Å². The van der Waals surface area contributed by atoms with E-state index in [0.29, 0.717) is 5.02 Å². The molecule has 0 radical (unpaired) electrons. The van der Waals surface area contributed by atoms with Gasteiger partial charge in [0.05, 0.1) is 16.5 Å². The van der Waals surface area contributed by atoms with Gasteiger partial charge in [0.1, 0.15) is 0 Å². The molecule has 1 N–H and O–H groups in total. The molecule has 2 heterocycles. The van der Waals surface area contributed by atoms with Crippen molar-refractivity contribution in [3.05, 3.63) is 29.0 Å². The van der Waals surface area contributed by atoms with E-state index in [1.807, 2.05) is 6.07 Å². The minimum atomic E-state index is -0.400. The van der Waals surface area contributed by atoms with Crippen LogP contribution in [-0.2, 0) is 5.41 Å². The van der Waals surface area contributed by atoms with E-state index in [9.17, 15) is 5.26 Å². The van der Waals surface area contributed by atoms with Crippen LogP contribution >= 0.6 is 11.6 Å². The first kappa shape index (κ1) is 10.4. The highest BCUT2D eigenvalue weighted by Gasteiger charge is 2.34. The van der Waals surface area contributed by atoms with Crippen molar-refractivity contribution in [1.29, 1.82) is 5.26 Å². The first-order valence-corrected chi connectivity index (χ1v) is 5.38.